The number of hydrogen-bond acceptors (Lipinski definition) is 1. The maximum absolute atomic E-state index is 4.79. The summed E-state index contributed by atoms with van der Waals surface area (Å²) < 4.78 is 2.11. The molecule has 0 aliphatic heterocycles. The van der Waals surface area contributed by atoms with Crippen molar-refractivity contribution in [3.63, 3.8) is 0 Å². The Kier molecular flexibility index (Phi) is 4.57. The third kappa shape index (κ3) is 2.66. The van der Waals surface area contributed by atoms with Crippen molar-refractivity contribution in [2.24, 2.45) is 0 Å². The normalized spacial score (nSPS) is 12.1. The summed E-state index contributed by atoms with van der Waals surface area (Å²) in [5.41, 5.74) is 2.76. The summed E-state index contributed by atoms with van der Waals surface area (Å²) in [6, 6.07) is 0.459. The zero-order chi connectivity index (χ0) is 12.3. The quantitative estimate of drug-likeness (QED) is 0.717. The molecule has 0 unspecified atom stereocenters. The maximum Gasteiger partial charge on any atom is 0.0689 e. The van der Waals surface area contributed by atoms with Gasteiger partial charge in [-0.15, -0.1) is 0 Å². The molecule has 1 aromatic heterocycles. The molecule has 0 radical (unpaired) electrons. The predicted molar refractivity (Wildman–Crippen MR) is 70.0 cm³/mol. The summed E-state index contributed by atoms with van der Waals surface area (Å²) in [6.07, 6.45) is 4.61. The van der Waals surface area contributed by atoms with Gasteiger partial charge in [0, 0.05) is 18.2 Å². The zero-order valence-corrected chi connectivity index (χ0v) is 11.6. The van der Waals surface area contributed by atoms with Crippen LogP contribution in [0.3, 0.4) is 0 Å². The van der Waals surface area contributed by atoms with E-state index in [1.807, 2.05) is 0 Å². The van der Waals surface area contributed by atoms with E-state index >= 15 is 0 Å². The molecule has 0 aliphatic rings. The minimum absolute atomic E-state index is 0.459. The van der Waals surface area contributed by atoms with Gasteiger partial charge in [0.15, 0.2) is 0 Å². The van der Waals surface area contributed by atoms with Crippen LogP contribution in [0.5, 0.6) is 0 Å². The molecule has 0 saturated carbocycles. The van der Waals surface area contributed by atoms with Crippen LogP contribution >= 0.6 is 0 Å². The van der Waals surface area contributed by atoms with Crippen LogP contribution in [-0.2, 0) is 0 Å². The van der Waals surface area contributed by atoms with Crippen LogP contribution in [0.15, 0.2) is 6.20 Å². The first kappa shape index (κ1) is 13.3. The van der Waals surface area contributed by atoms with Crippen molar-refractivity contribution >= 4 is 0 Å². The maximum atomic E-state index is 4.79. The standard InChI is InChI=1S/C14H26N2/c1-7-12(8-2)14-13(10(3)4)9-16(15-14)11(5)6/h9-12H,7-8H2,1-6H3. The molecule has 1 heterocycles. The van der Waals surface area contributed by atoms with Gasteiger partial charge in [0.2, 0.25) is 0 Å². The average molecular weight is 222 g/mol. The minimum Gasteiger partial charge on any atom is -0.270 e. The van der Waals surface area contributed by atoms with Crippen molar-refractivity contribution in [1.29, 1.82) is 0 Å². The molecule has 0 aromatic carbocycles. The van der Waals surface area contributed by atoms with E-state index in [1.54, 1.807) is 0 Å². The Morgan fingerprint density at radius 1 is 1.12 bits per heavy atom. The van der Waals surface area contributed by atoms with E-state index in [1.165, 1.54) is 24.1 Å². The molecule has 0 saturated heterocycles. The number of aromatic nitrogens is 2. The highest BCUT2D eigenvalue weighted by molar-refractivity contribution is 5.24. The van der Waals surface area contributed by atoms with Gasteiger partial charge < -0.3 is 0 Å². The molecule has 0 amide bonds. The molecule has 0 fully saturated rings. The Morgan fingerprint density at radius 3 is 2.06 bits per heavy atom. The van der Waals surface area contributed by atoms with Crippen LogP contribution in [0.2, 0.25) is 0 Å². The van der Waals surface area contributed by atoms with Crippen LogP contribution in [0.4, 0.5) is 0 Å². The predicted octanol–water partition coefficient (Wildman–Crippen LogP) is 4.49. The number of rotatable bonds is 5. The summed E-state index contributed by atoms with van der Waals surface area (Å²) in [5, 5.41) is 4.79. The first-order valence-corrected chi connectivity index (χ1v) is 6.60. The fourth-order valence-corrected chi connectivity index (χ4v) is 2.12. The molecule has 2 heteroatoms. The SMILES string of the molecule is CCC(CC)c1nn(C(C)C)cc1C(C)C. The second-order valence-corrected chi connectivity index (χ2v) is 5.21. The topological polar surface area (TPSA) is 17.8 Å². The van der Waals surface area contributed by atoms with Crippen LogP contribution in [0, 0.1) is 0 Å². The Morgan fingerprint density at radius 2 is 1.69 bits per heavy atom. The highest BCUT2D eigenvalue weighted by atomic mass is 15.3. The Hall–Kier alpha value is -0.790. The number of hydrogen-bond donors (Lipinski definition) is 0. The molecule has 2 nitrogen and oxygen atoms in total. The van der Waals surface area contributed by atoms with Gasteiger partial charge in [-0.05, 0) is 38.2 Å². The van der Waals surface area contributed by atoms with Crippen LogP contribution in [0.25, 0.3) is 0 Å². The lowest BCUT2D eigenvalue weighted by atomic mass is 9.92. The van der Waals surface area contributed by atoms with E-state index in [-0.39, 0.29) is 0 Å². The summed E-state index contributed by atoms with van der Waals surface area (Å²) in [6.45, 7) is 13.4. The van der Waals surface area contributed by atoms with E-state index < -0.39 is 0 Å². The van der Waals surface area contributed by atoms with Gasteiger partial charge in [0.05, 0.1) is 5.69 Å². The van der Waals surface area contributed by atoms with E-state index in [9.17, 15) is 0 Å². The van der Waals surface area contributed by atoms with E-state index in [2.05, 4.69) is 52.4 Å². The largest absolute Gasteiger partial charge is 0.270 e. The molecule has 0 atom stereocenters. The first-order chi connectivity index (χ1) is 7.51. The summed E-state index contributed by atoms with van der Waals surface area (Å²) >= 11 is 0. The van der Waals surface area contributed by atoms with Crippen LogP contribution < -0.4 is 0 Å². The molecule has 1 aromatic rings. The van der Waals surface area contributed by atoms with Crippen molar-refractivity contribution < 1.29 is 0 Å². The average Bonchev–Trinajstić information content (AvgIpc) is 2.64. The number of nitrogens with zero attached hydrogens (tertiary/aromatic N) is 2. The molecular weight excluding hydrogens is 196 g/mol. The van der Waals surface area contributed by atoms with Gasteiger partial charge in [0.1, 0.15) is 0 Å². The third-order valence-electron chi connectivity index (χ3n) is 3.31. The Bertz CT molecular complexity index is 319. The third-order valence-corrected chi connectivity index (χ3v) is 3.31. The fourth-order valence-electron chi connectivity index (χ4n) is 2.12. The minimum atomic E-state index is 0.459. The molecule has 0 spiro atoms. The summed E-state index contributed by atoms with van der Waals surface area (Å²) in [7, 11) is 0. The van der Waals surface area contributed by atoms with Gasteiger partial charge >= 0.3 is 0 Å². The Labute approximate surface area is 100 Å². The van der Waals surface area contributed by atoms with E-state index in [0.717, 1.165) is 0 Å². The smallest absolute Gasteiger partial charge is 0.0689 e. The van der Waals surface area contributed by atoms with Crippen molar-refractivity contribution in [3.8, 4) is 0 Å². The lowest BCUT2D eigenvalue weighted by molar-refractivity contribution is 0.511. The van der Waals surface area contributed by atoms with Gasteiger partial charge in [-0.25, -0.2) is 0 Å². The highest BCUT2D eigenvalue weighted by Crippen LogP contribution is 2.30. The van der Waals surface area contributed by atoms with Gasteiger partial charge in [-0.2, -0.15) is 5.10 Å². The van der Waals surface area contributed by atoms with Crippen molar-refractivity contribution in [2.45, 2.75) is 72.3 Å². The lowest BCUT2D eigenvalue weighted by Gasteiger charge is -2.13. The summed E-state index contributed by atoms with van der Waals surface area (Å²) in [5.74, 6) is 1.19. The van der Waals surface area contributed by atoms with Gasteiger partial charge in [-0.1, -0.05) is 27.7 Å². The van der Waals surface area contributed by atoms with Crippen molar-refractivity contribution in [2.75, 3.05) is 0 Å². The van der Waals surface area contributed by atoms with E-state index in [4.69, 9.17) is 5.10 Å². The van der Waals surface area contributed by atoms with Gasteiger partial charge in [-0.3, -0.25) is 4.68 Å². The molecular formula is C14H26N2. The van der Waals surface area contributed by atoms with Crippen LogP contribution in [0.1, 0.15) is 83.5 Å². The lowest BCUT2D eigenvalue weighted by Crippen LogP contribution is -2.04. The second kappa shape index (κ2) is 5.51. The molecule has 92 valence electrons. The van der Waals surface area contributed by atoms with Gasteiger partial charge in [0.25, 0.3) is 0 Å². The van der Waals surface area contributed by atoms with Crippen LogP contribution in [-0.4, -0.2) is 9.78 Å². The molecule has 1 rings (SSSR count). The van der Waals surface area contributed by atoms with Crippen molar-refractivity contribution in [1.82, 2.24) is 9.78 Å². The molecule has 0 N–H and O–H groups in total. The Balaban J connectivity index is 3.13. The summed E-state index contributed by atoms with van der Waals surface area (Å²) in [4.78, 5) is 0. The molecule has 0 aliphatic carbocycles. The second-order valence-electron chi connectivity index (χ2n) is 5.21. The van der Waals surface area contributed by atoms with Crippen molar-refractivity contribution in [3.05, 3.63) is 17.5 Å². The highest BCUT2D eigenvalue weighted by Gasteiger charge is 2.19. The molecule has 16 heavy (non-hydrogen) atoms. The zero-order valence-electron chi connectivity index (χ0n) is 11.6. The first-order valence-electron chi connectivity index (χ1n) is 6.60. The van der Waals surface area contributed by atoms with E-state index in [0.29, 0.717) is 17.9 Å². The fraction of sp³-hybridized carbons (Fsp3) is 0.786. The molecule has 0 bridgehead atoms. The monoisotopic (exact) mass is 222 g/mol.